The first-order chi connectivity index (χ1) is 13.4. The molecule has 0 spiro atoms. The van der Waals surface area contributed by atoms with Gasteiger partial charge in [0.15, 0.2) is 0 Å². The van der Waals surface area contributed by atoms with Crippen LogP contribution in [0.4, 0.5) is 11.6 Å². The van der Waals surface area contributed by atoms with Crippen LogP contribution < -0.4 is 10.0 Å². The lowest BCUT2D eigenvalue weighted by Gasteiger charge is -2.12. The fourth-order valence-corrected chi connectivity index (χ4v) is 3.60. The molecule has 1 amide bonds. The molecule has 0 radical (unpaired) electrons. The number of carbonyl (C=O) groups excluding carboxylic acids is 1. The Bertz CT molecular complexity index is 1020. The average Bonchev–Trinajstić information content (AvgIpc) is 2.69. The van der Waals surface area contributed by atoms with Crippen molar-refractivity contribution in [3.05, 3.63) is 78.6 Å². The van der Waals surface area contributed by atoms with E-state index in [1.54, 1.807) is 18.2 Å². The Morgan fingerprint density at radius 2 is 1.61 bits per heavy atom. The molecule has 144 valence electrons. The van der Waals surface area contributed by atoms with E-state index >= 15 is 0 Å². The van der Waals surface area contributed by atoms with Crippen molar-refractivity contribution in [3.63, 3.8) is 0 Å². The molecule has 8 heteroatoms. The maximum Gasteiger partial charge on any atom is 0.264 e. The molecule has 2 N–H and O–H groups in total. The van der Waals surface area contributed by atoms with Gasteiger partial charge in [0.1, 0.15) is 0 Å². The number of anilines is 2. The molecule has 3 aromatic rings. The second-order valence-electron chi connectivity index (χ2n) is 6.27. The van der Waals surface area contributed by atoms with E-state index in [1.807, 2.05) is 37.3 Å². The summed E-state index contributed by atoms with van der Waals surface area (Å²) in [7, 11) is -3.80. The van der Waals surface area contributed by atoms with Gasteiger partial charge in [-0.05, 0) is 41.8 Å². The van der Waals surface area contributed by atoms with E-state index in [-0.39, 0.29) is 22.7 Å². The van der Waals surface area contributed by atoms with Gasteiger partial charge in [-0.1, -0.05) is 37.3 Å². The molecule has 0 fully saturated rings. The van der Waals surface area contributed by atoms with Crippen molar-refractivity contribution in [2.24, 2.45) is 0 Å². The monoisotopic (exact) mass is 396 g/mol. The zero-order valence-electron chi connectivity index (χ0n) is 15.2. The minimum absolute atomic E-state index is 0.00483. The Hall–Kier alpha value is -3.26. The van der Waals surface area contributed by atoms with E-state index in [0.717, 1.165) is 5.56 Å². The normalized spacial score (nSPS) is 12.2. The lowest BCUT2D eigenvalue weighted by atomic mass is 9.97. The van der Waals surface area contributed by atoms with Gasteiger partial charge in [-0.15, -0.1) is 0 Å². The van der Waals surface area contributed by atoms with Crippen LogP contribution in [0, 0.1) is 0 Å². The second kappa shape index (κ2) is 8.62. The summed E-state index contributed by atoms with van der Waals surface area (Å²) in [5, 5.41) is 2.79. The van der Waals surface area contributed by atoms with Crippen LogP contribution >= 0.6 is 0 Å². The Labute approximate surface area is 163 Å². The third-order valence-corrected chi connectivity index (χ3v) is 5.44. The summed E-state index contributed by atoms with van der Waals surface area (Å²) in [4.78, 5) is 20.0. The standard InChI is InChI=1S/C20H20N4O3S/c1-15(16-6-3-2-4-7-16)14-19(25)23-17-8-10-18(11-9-17)28(26,27)24-20-21-12-5-13-22-20/h2-13,15H,14H2,1H3,(H,23,25)(H,21,22,24)/t15-/m0/s1. The fraction of sp³-hybridized carbons (Fsp3) is 0.150. The quantitative estimate of drug-likeness (QED) is 0.637. The minimum Gasteiger partial charge on any atom is -0.326 e. The maximum absolute atomic E-state index is 12.4. The van der Waals surface area contributed by atoms with Gasteiger partial charge >= 0.3 is 0 Å². The second-order valence-corrected chi connectivity index (χ2v) is 7.95. The van der Waals surface area contributed by atoms with E-state index in [0.29, 0.717) is 12.1 Å². The van der Waals surface area contributed by atoms with Gasteiger partial charge in [0.2, 0.25) is 11.9 Å². The molecule has 1 atom stereocenters. The lowest BCUT2D eigenvalue weighted by molar-refractivity contribution is -0.116. The van der Waals surface area contributed by atoms with Crippen molar-refractivity contribution < 1.29 is 13.2 Å². The maximum atomic E-state index is 12.4. The molecular formula is C20H20N4O3S. The van der Waals surface area contributed by atoms with Crippen molar-refractivity contribution in [2.75, 3.05) is 10.0 Å². The first kappa shape index (κ1) is 19.5. The molecule has 7 nitrogen and oxygen atoms in total. The number of nitrogens with zero attached hydrogens (tertiary/aromatic N) is 2. The summed E-state index contributed by atoms with van der Waals surface area (Å²) in [5.74, 6) is -0.0616. The number of amides is 1. The van der Waals surface area contributed by atoms with Gasteiger partial charge in [0.25, 0.3) is 10.0 Å². The molecule has 0 aliphatic carbocycles. The van der Waals surface area contributed by atoms with Gasteiger partial charge in [-0.3, -0.25) is 4.79 Å². The predicted octanol–water partition coefficient (Wildman–Crippen LogP) is 3.41. The zero-order valence-corrected chi connectivity index (χ0v) is 16.1. The molecule has 0 bridgehead atoms. The SMILES string of the molecule is C[C@@H](CC(=O)Nc1ccc(S(=O)(=O)Nc2ncccn2)cc1)c1ccccc1. The average molecular weight is 396 g/mol. The first-order valence-electron chi connectivity index (χ1n) is 8.69. The van der Waals surface area contributed by atoms with Crippen LogP contribution in [0.15, 0.2) is 78.0 Å². The van der Waals surface area contributed by atoms with Gasteiger partial charge in [-0.2, -0.15) is 0 Å². The fourth-order valence-electron chi connectivity index (χ4n) is 2.64. The van der Waals surface area contributed by atoms with E-state index < -0.39 is 10.0 Å². The number of benzene rings is 2. The summed E-state index contributed by atoms with van der Waals surface area (Å²) >= 11 is 0. The third kappa shape index (κ3) is 5.14. The van der Waals surface area contributed by atoms with Crippen LogP contribution in [0.1, 0.15) is 24.8 Å². The molecule has 3 rings (SSSR count). The molecule has 0 unspecified atom stereocenters. The largest absolute Gasteiger partial charge is 0.326 e. The van der Waals surface area contributed by atoms with E-state index in [4.69, 9.17) is 0 Å². The van der Waals surface area contributed by atoms with Crippen molar-refractivity contribution in [3.8, 4) is 0 Å². The number of hydrogen-bond acceptors (Lipinski definition) is 5. The Morgan fingerprint density at radius 1 is 0.964 bits per heavy atom. The summed E-state index contributed by atoms with van der Waals surface area (Å²) < 4.78 is 27.0. The number of hydrogen-bond donors (Lipinski definition) is 2. The number of sulfonamides is 1. The Morgan fingerprint density at radius 3 is 2.25 bits per heavy atom. The molecule has 0 saturated carbocycles. The summed E-state index contributed by atoms with van der Waals surface area (Å²) in [6.45, 7) is 1.99. The number of rotatable bonds is 7. The molecule has 0 saturated heterocycles. The first-order valence-corrected chi connectivity index (χ1v) is 10.2. The van der Waals surface area contributed by atoms with Crippen molar-refractivity contribution in [1.82, 2.24) is 9.97 Å². The van der Waals surface area contributed by atoms with Crippen LogP contribution in [0.2, 0.25) is 0 Å². The van der Waals surface area contributed by atoms with Crippen molar-refractivity contribution in [1.29, 1.82) is 0 Å². The predicted molar refractivity (Wildman–Crippen MR) is 107 cm³/mol. The van der Waals surface area contributed by atoms with Crippen LogP contribution in [0.25, 0.3) is 0 Å². The smallest absolute Gasteiger partial charge is 0.264 e. The van der Waals surface area contributed by atoms with Crippen LogP contribution in [0.5, 0.6) is 0 Å². The Kier molecular flexibility index (Phi) is 6.00. The van der Waals surface area contributed by atoms with Crippen LogP contribution in [-0.2, 0) is 14.8 Å². The highest BCUT2D eigenvalue weighted by atomic mass is 32.2. The number of nitrogens with one attached hydrogen (secondary N) is 2. The van der Waals surface area contributed by atoms with Crippen molar-refractivity contribution >= 4 is 27.6 Å². The topological polar surface area (TPSA) is 101 Å². The molecule has 0 aliphatic heterocycles. The van der Waals surface area contributed by atoms with Gasteiger partial charge < -0.3 is 5.32 Å². The number of aromatic nitrogens is 2. The summed E-state index contributed by atoms with van der Waals surface area (Å²) in [6.07, 6.45) is 3.22. The molecule has 28 heavy (non-hydrogen) atoms. The van der Waals surface area contributed by atoms with E-state index in [1.165, 1.54) is 24.5 Å². The highest BCUT2D eigenvalue weighted by Crippen LogP contribution is 2.20. The van der Waals surface area contributed by atoms with Gasteiger partial charge in [0.05, 0.1) is 4.90 Å². The molecule has 0 aliphatic rings. The van der Waals surface area contributed by atoms with Crippen molar-refractivity contribution in [2.45, 2.75) is 24.2 Å². The highest BCUT2D eigenvalue weighted by molar-refractivity contribution is 7.92. The molecule has 1 aromatic heterocycles. The third-order valence-electron chi connectivity index (χ3n) is 4.10. The lowest BCUT2D eigenvalue weighted by Crippen LogP contribution is -2.16. The zero-order chi connectivity index (χ0) is 20.0. The summed E-state index contributed by atoms with van der Waals surface area (Å²) in [6, 6.07) is 17.3. The van der Waals surface area contributed by atoms with E-state index in [2.05, 4.69) is 20.0 Å². The van der Waals surface area contributed by atoms with E-state index in [9.17, 15) is 13.2 Å². The van der Waals surface area contributed by atoms with Gasteiger partial charge in [-0.25, -0.2) is 23.1 Å². The molecule has 2 aromatic carbocycles. The molecular weight excluding hydrogens is 376 g/mol. The molecule has 1 heterocycles. The summed E-state index contributed by atoms with van der Waals surface area (Å²) in [5.41, 5.74) is 1.62. The van der Waals surface area contributed by atoms with Crippen LogP contribution in [-0.4, -0.2) is 24.3 Å². The minimum atomic E-state index is -3.80. The van der Waals surface area contributed by atoms with Crippen LogP contribution in [0.3, 0.4) is 0 Å². The number of carbonyl (C=O) groups is 1. The Balaban J connectivity index is 1.61. The highest BCUT2D eigenvalue weighted by Gasteiger charge is 2.16. The van der Waals surface area contributed by atoms with Gasteiger partial charge in [0, 0.05) is 24.5 Å².